The lowest BCUT2D eigenvalue weighted by molar-refractivity contribution is -0.140. The summed E-state index contributed by atoms with van der Waals surface area (Å²) in [7, 11) is 2.86. The Balaban J connectivity index is 1.62. The molecule has 1 aliphatic heterocycles. The molecule has 0 saturated heterocycles. The van der Waals surface area contributed by atoms with Gasteiger partial charge in [-0.2, -0.15) is 0 Å². The molecule has 0 unspecified atom stereocenters. The highest BCUT2D eigenvalue weighted by molar-refractivity contribution is 5.95. The number of nitrogens with zero attached hydrogens (tertiary/aromatic N) is 3. The van der Waals surface area contributed by atoms with E-state index in [9.17, 15) is 23.2 Å². The van der Waals surface area contributed by atoms with Crippen LogP contribution >= 0.6 is 0 Å². The normalized spacial score (nSPS) is 12.4. The van der Waals surface area contributed by atoms with Gasteiger partial charge in [0.2, 0.25) is 11.8 Å². The third-order valence-electron chi connectivity index (χ3n) is 5.18. The summed E-state index contributed by atoms with van der Waals surface area (Å²) in [6.07, 6.45) is 2.81. The third kappa shape index (κ3) is 4.45. The zero-order valence-corrected chi connectivity index (χ0v) is 18.2. The van der Waals surface area contributed by atoms with Crippen LogP contribution < -0.4 is 20.7 Å². The van der Waals surface area contributed by atoms with E-state index in [0.717, 1.165) is 21.3 Å². The number of pyridine rings is 1. The van der Waals surface area contributed by atoms with Crippen LogP contribution in [0, 0.1) is 11.6 Å². The minimum Gasteiger partial charge on any atom is -0.481 e. The van der Waals surface area contributed by atoms with Gasteiger partial charge in [-0.1, -0.05) is 6.07 Å². The molecular weight excluding hydrogens is 452 g/mol. The van der Waals surface area contributed by atoms with E-state index in [1.54, 1.807) is 12.1 Å². The summed E-state index contributed by atoms with van der Waals surface area (Å²) in [4.78, 5) is 42.3. The first-order valence-corrected chi connectivity index (χ1v) is 10.1. The van der Waals surface area contributed by atoms with Crippen LogP contribution in [-0.4, -0.2) is 33.8 Å². The number of hydrogen-bond donors (Lipinski definition) is 0. The Morgan fingerprint density at radius 2 is 1.94 bits per heavy atom. The summed E-state index contributed by atoms with van der Waals surface area (Å²) in [6, 6.07) is 6.36. The highest BCUT2D eigenvalue weighted by atomic mass is 19.2. The summed E-state index contributed by atoms with van der Waals surface area (Å²) in [5.41, 5.74) is -0.552. The van der Waals surface area contributed by atoms with Gasteiger partial charge in [0.25, 0.3) is 5.56 Å². The maximum atomic E-state index is 13.6. The Bertz CT molecular complexity index is 1430. The molecule has 0 atom stereocenters. The highest BCUT2D eigenvalue weighted by Gasteiger charge is 2.25. The number of carbonyl (C=O) groups excluding carboxylic acids is 1. The number of halogens is 2. The topological polar surface area (TPSA) is 102 Å². The molecule has 3 heterocycles. The van der Waals surface area contributed by atoms with E-state index >= 15 is 0 Å². The molecule has 9 nitrogen and oxygen atoms in total. The molecule has 4 rings (SSSR count). The largest absolute Gasteiger partial charge is 0.481 e. The fourth-order valence-corrected chi connectivity index (χ4v) is 3.40. The lowest BCUT2D eigenvalue weighted by Gasteiger charge is -2.20. The van der Waals surface area contributed by atoms with Gasteiger partial charge in [0.15, 0.2) is 11.6 Å². The SMILES string of the molecule is COc1cc(COC(=O)C2=Cc3c(n(C)c(=O)n(Cc4ccc(F)c(F)c4)c3=O)OC2)ccn1. The number of fused-ring (bicyclic) bond motifs is 1. The number of ether oxygens (including phenoxy) is 3. The van der Waals surface area contributed by atoms with E-state index in [4.69, 9.17) is 14.2 Å². The number of carbonyl (C=O) groups is 1. The average molecular weight is 471 g/mol. The summed E-state index contributed by atoms with van der Waals surface area (Å²) < 4.78 is 44.6. The molecule has 2 aromatic heterocycles. The van der Waals surface area contributed by atoms with Crippen molar-refractivity contribution in [2.24, 2.45) is 7.05 Å². The molecule has 0 N–H and O–H groups in total. The smallest absolute Gasteiger partial charge is 0.337 e. The molecule has 0 aliphatic carbocycles. The van der Waals surface area contributed by atoms with Crippen molar-refractivity contribution in [1.29, 1.82) is 0 Å². The van der Waals surface area contributed by atoms with Gasteiger partial charge in [-0.05, 0) is 35.4 Å². The Labute approximate surface area is 191 Å². The molecule has 0 fully saturated rings. The summed E-state index contributed by atoms with van der Waals surface area (Å²) in [5.74, 6) is -2.49. The van der Waals surface area contributed by atoms with E-state index in [0.29, 0.717) is 11.4 Å². The molecule has 34 heavy (non-hydrogen) atoms. The van der Waals surface area contributed by atoms with E-state index < -0.39 is 28.9 Å². The van der Waals surface area contributed by atoms with Crippen LogP contribution in [0.25, 0.3) is 6.08 Å². The van der Waals surface area contributed by atoms with Crippen molar-refractivity contribution in [3.8, 4) is 11.8 Å². The van der Waals surface area contributed by atoms with Crippen LogP contribution in [0.15, 0.2) is 51.7 Å². The molecule has 1 aliphatic rings. The van der Waals surface area contributed by atoms with Crippen molar-refractivity contribution >= 4 is 12.0 Å². The van der Waals surface area contributed by atoms with E-state index in [1.807, 2.05) is 0 Å². The first-order chi connectivity index (χ1) is 16.3. The second-order valence-electron chi connectivity index (χ2n) is 7.44. The van der Waals surface area contributed by atoms with Crippen LogP contribution in [0.3, 0.4) is 0 Å². The fraction of sp³-hybridized carbons (Fsp3) is 0.217. The molecule has 0 saturated carbocycles. The number of methoxy groups -OCH3 is 1. The van der Waals surface area contributed by atoms with Crippen molar-refractivity contribution in [2.45, 2.75) is 13.2 Å². The minimum absolute atomic E-state index is 0.00745. The van der Waals surface area contributed by atoms with Gasteiger partial charge < -0.3 is 14.2 Å². The molecule has 0 spiro atoms. The predicted molar refractivity (Wildman–Crippen MR) is 115 cm³/mol. The Kier molecular flexibility index (Phi) is 6.26. The van der Waals surface area contributed by atoms with Gasteiger partial charge in [-0.3, -0.25) is 13.9 Å². The summed E-state index contributed by atoms with van der Waals surface area (Å²) in [6.45, 7) is -0.561. The first kappa shape index (κ1) is 22.9. The van der Waals surface area contributed by atoms with Crippen LogP contribution in [-0.2, 0) is 29.7 Å². The Morgan fingerprint density at radius 3 is 2.68 bits per heavy atom. The van der Waals surface area contributed by atoms with Gasteiger partial charge in [0, 0.05) is 19.3 Å². The van der Waals surface area contributed by atoms with Gasteiger partial charge >= 0.3 is 11.7 Å². The Morgan fingerprint density at radius 1 is 1.15 bits per heavy atom. The van der Waals surface area contributed by atoms with Gasteiger partial charge in [0.1, 0.15) is 18.8 Å². The number of hydrogen-bond acceptors (Lipinski definition) is 7. The van der Waals surface area contributed by atoms with E-state index in [-0.39, 0.29) is 42.3 Å². The highest BCUT2D eigenvalue weighted by Crippen LogP contribution is 2.23. The maximum Gasteiger partial charge on any atom is 0.337 e. The standard InChI is InChI=1S/C23H19F2N3O6/c1-27-21-16(20(29)28(23(27)31)10-13-3-4-17(24)18(25)7-13)9-15(12-33-21)22(30)34-11-14-5-6-26-19(8-14)32-2/h3-9H,10-12H2,1-2H3. The van der Waals surface area contributed by atoms with Gasteiger partial charge in [-0.25, -0.2) is 23.4 Å². The Hall–Kier alpha value is -4.28. The molecule has 0 radical (unpaired) electrons. The number of benzene rings is 1. The summed E-state index contributed by atoms with van der Waals surface area (Å²) >= 11 is 0. The minimum atomic E-state index is -1.10. The molecule has 0 bridgehead atoms. The van der Waals surface area contributed by atoms with Gasteiger partial charge in [0.05, 0.1) is 19.2 Å². The molecule has 1 aromatic carbocycles. The van der Waals surface area contributed by atoms with Crippen molar-refractivity contribution < 1.29 is 27.8 Å². The van der Waals surface area contributed by atoms with E-state index in [1.165, 1.54) is 32.5 Å². The fourth-order valence-electron chi connectivity index (χ4n) is 3.40. The monoisotopic (exact) mass is 471 g/mol. The van der Waals surface area contributed by atoms with Crippen LogP contribution in [0.5, 0.6) is 11.8 Å². The molecule has 11 heteroatoms. The van der Waals surface area contributed by atoms with Crippen molar-refractivity contribution in [1.82, 2.24) is 14.1 Å². The molecule has 0 amide bonds. The third-order valence-corrected chi connectivity index (χ3v) is 5.18. The van der Waals surface area contributed by atoms with Crippen molar-refractivity contribution in [3.05, 3.63) is 91.3 Å². The van der Waals surface area contributed by atoms with E-state index in [2.05, 4.69) is 4.98 Å². The zero-order valence-electron chi connectivity index (χ0n) is 18.2. The molecular formula is C23H19F2N3O6. The maximum absolute atomic E-state index is 13.6. The zero-order chi connectivity index (χ0) is 24.4. The number of esters is 1. The average Bonchev–Trinajstić information content (AvgIpc) is 2.85. The number of aromatic nitrogens is 3. The van der Waals surface area contributed by atoms with Gasteiger partial charge in [-0.15, -0.1) is 0 Å². The van der Waals surface area contributed by atoms with Crippen LogP contribution in [0.4, 0.5) is 8.78 Å². The lowest BCUT2D eigenvalue weighted by Crippen LogP contribution is -2.42. The quantitative estimate of drug-likeness (QED) is 0.505. The molecule has 3 aromatic rings. The van der Waals surface area contributed by atoms with Crippen LogP contribution in [0.2, 0.25) is 0 Å². The van der Waals surface area contributed by atoms with Crippen molar-refractivity contribution in [3.63, 3.8) is 0 Å². The number of rotatable bonds is 6. The van der Waals surface area contributed by atoms with Crippen LogP contribution in [0.1, 0.15) is 16.7 Å². The predicted octanol–water partition coefficient (Wildman–Crippen LogP) is 1.80. The molecule has 176 valence electrons. The second kappa shape index (κ2) is 9.30. The second-order valence-corrected chi connectivity index (χ2v) is 7.44. The lowest BCUT2D eigenvalue weighted by atomic mass is 10.1. The first-order valence-electron chi connectivity index (χ1n) is 10.1. The van der Waals surface area contributed by atoms with Crippen molar-refractivity contribution in [2.75, 3.05) is 13.7 Å². The summed E-state index contributed by atoms with van der Waals surface area (Å²) in [5, 5.41) is 0.